The van der Waals surface area contributed by atoms with Crippen molar-refractivity contribution >= 4 is 39.4 Å². The number of hydrogen-bond donors (Lipinski definition) is 1. The van der Waals surface area contributed by atoms with Crippen molar-refractivity contribution in [1.29, 1.82) is 0 Å². The number of rotatable bonds is 6. The smallest absolute Gasteiger partial charge is 0.274 e. The Balaban J connectivity index is 1.30. The Morgan fingerprint density at radius 2 is 1.88 bits per heavy atom. The van der Waals surface area contributed by atoms with E-state index in [1.807, 2.05) is 54.6 Å². The Morgan fingerprint density at radius 1 is 1.07 bits per heavy atom. The summed E-state index contributed by atoms with van der Waals surface area (Å²) in [6.45, 7) is 4.77. The number of carbonyl (C=O) groups is 2. The molecule has 5 aromatic rings. The molecule has 2 aromatic carbocycles. The molecular formula is C30H28FN5O2S2. The summed E-state index contributed by atoms with van der Waals surface area (Å²) in [6.07, 6.45) is 4.48. The van der Waals surface area contributed by atoms with E-state index in [1.54, 1.807) is 16.5 Å². The van der Waals surface area contributed by atoms with E-state index in [1.165, 1.54) is 34.8 Å². The number of aryl methyl sites for hydroxylation is 2. The van der Waals surface area contributed by atoms with Crippen molar-refractivity contribution in [3.05, 3.63) is 88.6 Å². The van der Waals surface area contributed by atoms with E-state index >= 15 is 0 Å². The summed E-state index contributed by atoms with van der Waals surface area (Å²) in [7, 11) is 0. The molecule has 7 nitrogen and oxygen atoms in total. The van der Waals surface area contributed by atoms with Crippen LogP contribution in [0.5, 0.6) is 0 Å². The predicted molar refractivity (Wildman–Crippen MR) is 156 cm³/mol. The topological polar surface area (TPSA) is 79.6 Å². The number of nitrogens with zero attached hydrogens (tertiary/aromatic N) is 4. The maximum atomic E-state index is 14.1. The Hall–Kier alpha value is -3.89. The van der Waals surface area contributed by atoms with Gasteiger partial charge < -0.3 is 10.2 Å². The lowest BCUT2D eigenvalue weighted by atomic mass is 10.0. The maximum Gasteiger partial charge on any atom is 0.274 e. The highest BCUT2D eigenvalue weighted by Gasteiger charge is 2.32. The monoisotopic (exact) mass is 573 g/mol. The number of likely N-dealkylation sites (tertiary alicyclic amines) is 1. The predicted octanol–water partition coefficient (Wildman–Crippen LogP) is 6.37. The van der Waals surface area contributed by atoms with E-state index in [-0.39, 0.29) is 23.7 Å². The SMILES string of the molecule is Cc1ccccc1-c1nc(C(=O)N2CCCC[C@H]2CNC(=O)c2c(C)nc3sccn23)c(-c2ccc(F)cc2)s1. The van der Waals surface area contributed by atoms with Gasteiger partial charge in [0.25, 0.3) is 11.8 Å². The lowest BCUT2D eigenvalue weighted by molar-refractivity contribution is 0.0598. The third kappa shape index (κ3) is 4.93. The number of nitrogens with one attached hydrogen (secondary N) is 1. The normalized spacial score (nSPS) is 15.5. The molecule has 6 rings (SSSR count). The highest BCUT2D eigenvalue weighted by Crippen LogP contribution is 2.38. The minimum absolute atomic E-state index is 0.166. The molecule has 204 valence electrons. The maximum absolute atomic E-state index is 14.1. The molecule has 3 aromatic heterocycles. The number of carbonyl (C=O) groups excluding carboxylic acids is 2. The molecule has 2 amide bonds. The van der Waals surface area contributed by atoms with E-state index in [2.05, 4.69) is 10.3 Å². The number of aromatic nitrogens is 3. The molecule has 1 N–H and O–H groups in total. The second-order valence-electron chi connectivity index (χ2n) is 9.98. The number of benzene rings is 2. The fourth-order valence-electron chi connectivity index (χ4n) is 5.27. The average Bonchev–Trinajstić information content (AvgIpc) is 3.67. The van der Waals surface area contributed by atoms with Crippen LogP contribution in [0.2, 0.25) is 0 Å². The first-order valence-electron chi connectivity index (χ1n) is 13.2. The van der Waals surface area contributed by atoms with Gasteiger partial charge in [-0.3, -0.25) is 14.0 Å². The first-order chi connectivity index (χ1) is 19.4. The van der Waals surface area contributed by atoms with Gasteiger partial charge in [0, 0.05) is 36.3 Å². The van der Waals surface area contributed by atoms with Gasteiger partial charge in [0.2, 0.25) is 0 Å². The zero-order valence-electron chi connectivity index (χ0n) is 22.2. The lowest BCUT2D eigenvalue weighted by Gasteiger charge is -2.35. The van der Waals surface area contributed by atoms with E-state index < -0.39 is 0 Å². The number of imidazole rings is 1. The molecule has 1 fully saturated rings. The summed E-state index contributed by atoms with van der Waals surface area (Å²) in [5.41, 5.74) is 4.34. The third-order valence-corrected chi connectivity index (χ3v) is 9.24. The van der Waals surface area contributed by atoms with Gasteiger partial charge in [-0.1, -0.05) is 36.4 Å². The molecule has 4 heterocycles. The first kappa shape index (κ1) is 26.3. The summed E-state index contributed by atoms with van der Waals surface area (Å²) >= 11 is 2.92. The largest absolute Gasteiger partial charge is 0.349 e. The van der Waals surface area contributed by atoms with Gasteiger partial charge >= 0.3 is 0 Å². The summed E-state index contributed by atoms with van der Waals surface area (Å²) < 4.78 is 15.5. The quantitative estimate of drug-likeness (QED) is 0.256. The van der Waals surface area contributed by atoms with Crippen molar-refractivity contribution in [1.82, 2.24) is 24.6 Å². The van der Waals surface area contributed by atoms with Gasteiger partial charge in [0.1, 0.15) is 22.2 Å². The van der Waals surface area contributed by atoms with Crippen LogP contribution in [0.25, 0.3) is 26.0 Å². The zero-order valence-corrected chi connectivity index (χ0v) is 23.8. The molecule has 0 saturated carbocycles. The zero-order chi connectivity index (χ0) is 27.8. The van der Waals surface area contributed by atoms with Crippen LogP contribution in [-0.4, -0.2) is 50.2 Å². The second-order valence-corrected chi connectivity index (χ2v) is 11.9. The average molecular weight is 574 g/mol. The van der Waals surface area contributed by atoms with Crippen LogP contribution in [0.4, 0.5) is 4.39 Å². The fourth-order valence-corrected chi connectivity index (χ4v) is 7.18. The van der Waals surface area contributed by atoms with Crippen molar-refractivity contribution < 1.29 is 14.0 Å². The molecule has 0 aliphatic carbocycles. The molecule has 1 atom stereocenters. The summed E-state index contributed by atoms with van der Waals surface area (Å²) in [4.78, 5) is 40.0. The second kappa shape index (κ2) is 10.9. The van der Waals surface area contributed by atoms with Gasteiger partial charge in [-0.05, 0) is 56.4 Å². The van der Waals surface area contributed by atoms with Gasteiger partial charge in [0.15, 0.2) is 4.96 Å². The molecule has 0 spiro atoms. The minimum Gasteiger partial charge on any atom is -0.349 e. The van der Waals surface area contributed by atoms with E-state index in [4.69, 9.17) is 4.98 Å². The van der Waals surface area contributed by atoms with Crippen LogP contribution in [-0.2, 0) is 0 Å². The number of fused-ring (bicyclic) bond motifs is 1. The van der Waals surface area contributed by atoms with E-state index in [0.717, 1.165) is 45.9 Å². The summed E-state index contributed by atoms with van der Waals surface area (Å²) in [6, 6.07) is 14.0. The van der Waals surface area contributed by atoms with Gasteiger partial charge in [-0.15, -0.1) is 22.7 Å². The van der Waals surface area contributed by atoms with Gasteiger partial charge in [-0.2, -0.15) is 0 Å². The highest BCUT2D eigenvalue weighted by atomic mass is 32.1. The highest BCUT2D eigenvalue weighted by molar-refractivity contribution is 7.18. The number of thiazole rings is 2. The Labute approximate surface area is 239 Å². The lowest BCUT2D eigenvalue weighted by Crippen LogP contribution is -2.49. The van der Waals surface area contributed by atoms with Crippen molar-refractivity contribution in [3.63, 3.8) is 0 Å². The Bertz CT molecular complexity index is 1700. The number of amides is 2. The number of halogens is 1. The molecule has 40 heavy (non-hydrogen) atoms. The Morgan fingerprint density at radius 3 is 2.67 bits per heavy atom. The first-order valence-corrected chi connectivity index (χ1v) is 14.9. The van der Waals surface area contributed by atoms with Crippen LogP contribution in [0.15, 0.2) is 60.1 Å². The standard InChI is InChI=1S/C30H28FN5O2S2/c1-18-7-3-4-9-23(18)28-34-24(26(40-28)20-10-12-21(31)13-11-20)29(38)35-14-6-5-8-22(35)17-32-27(37)25-19(2)33-30-36(25)15-16-39-30/h3-4,7,9-13,15-16,22H,5-6,8,14,17H2,1-2H3,(H,32,37)/t22-/m0/s1. The van der Waals surface area contributed by atoms with Gasteiger partial charge in [-0.25, -0.2) is 14.4 Å². The van der Waals surface area contributed by atoms with Crippen molar-refractivity contribution in [3.8, 4) is 21.0 Å². The fraction of sp³-hybridized carbons (Fsp3) is 0.267. The molecule has 0 bridgehead atoms. The third-order valence-electron chi connectivity index (χ3n) is 7.35. The van der Waals surface area contributed by atoms with Crippen molar-refractivity contribution in [2.75, 3.05) is 13.1 Å². The Kier molecular flexibility index (Phi) is 7.20. The van der Waals surface area contributed by atoms with Crippen molar-refractivity contribution in [2.24, 2.45) is 0 Å². The molecule has 10 heteroatoms. The molecule has 0 unspecified atom stereocenters. The van der Waals surface area contributed by atoms with Crippen LogP contribution >= 0.6 is 22.7 Å². The van der Waals surface area contributed by atoms with Crippen LogP contribution in [0, 0.1) is 19.7 Å². The molecule has 1 aliphatic rings. The van der Waals surface area contributed by atoms with Crippen molar-refractivity contribution in [2.45, 2.75) is 39.2 Å². The molecule has 0 radical (unpaired) electrons. The molecule has 1 aliphatic heterocycles. The summed E-state index contributed by atoms with van der Waals surface area (Å²) in [5.74, 6) is -0.709. The van der Waals surface area contributed by atoms with Crippen LogP contribution in [0.3, 0.4) is 0 Å². The molecule has 1 saturated heterocycles. The van der Waals surface area contributed by atoms with E-state index in [0.29, 0.717) is 35.0 Å². The number of piperidine rings is 1. The van der Waals surface area contributed by atoms with E-state index in [9.17, 15) is 14.0 Å². The van der Waals surface area contributed by atoms with Crippen LogP contribution < -0.4 is 5.32 Å². The minimum atomic E-state index is -0.333. The number of hydrogen-bond acceptors (Lipinski definition) is 6. The molecular weight excluding hydrogens is 545 g/mol. The summed E-state index contributed by atoms with van der Waals surface area (Å²) in [5, 5.41) is 5.71. The van der Waals surface area contributed by atoms with Gasteiger partial charge in [0.05, 0.1) is 10.6 Å². The van der Waals surface area contributed by atoms with Crippen LogP contribution in [0.1, 0.15) is 51.5 Å².